The molecule has 0 saturated carbocycles. The predicted molar refractivity (Wildman–Crippen MR) is 102 cm³/mol. The van der Waals surface area contributed by atoms with Gasteiger partial charge in [-0.15, -0.1) is 5.17 Å². The second-order valence-corrected chi connectivity index (χ2v) is 6.24. The number of rotatable bonds is 11. The van der Waals surface area contributed by atoms with Crippen molar-refractivity contribution in [1.29, 1.82) is 0 Å². The minimum absolute atomic E-state index is 0.395. The molecular weight excluding hydrogens is 328 g/mol. The third-order valence-corrected chi connectivity index (χ3v) is 4.05. The summed E-state index contributed by atoms with van der Waals surface area (Å²) < 4.78 is 0. The lowest BCUT2D eigenvalue weighted by Crippen LogP contribution is -2.45. The fraction of sp³-hybridized carbons (Fsp3) is 0.381. The molecule has 140 valence electrons. The summed E-state index contributed by atoms with van der Waals surface area (Å²) in [5.74, 6) is 0. The lowest BCUT2D eigenvalue weighted by atomic mass is 10.2. The van der Waals surface area contributed by atoms with Gasteiger partial charge in [-0.2, -0.15) is 5.01 Å². The van der Waals surface area contributed by atoms with Gasteiger partial charge >= 0.3 is 6.09 Å². The topological polar surface area (TPSA) is 53.0 Å². The first-order valence-corrected chi connectivity index (χ1v) is 9.19. The smallest absolute Gasteiger partial charge is 0.447 e. The van der Waals surface area contributed by atoms with E-state index in [4.69, 9.17) is 4.84 Å². The summed E-state index contributed by atoms with van der Waals surface area (Å²) in [5, 5.41) is 12.4. The number of hydroxylamine groups is 1. The van der Waals surface area contributed by atoms with Crippen LogP contribution in [0, 0.1) is 0 Å². The van der Waals surface area contributed by atoms with Gasteiger partial charge in [-0.25, -0.2) is 4.79 Å². The van der Waals surface area contributed by atoms with E-state index in [1.54, 1.807) is 5.01 Å². The maximum Gasteiger partial charge on any atom is 0.447 e. The second kappa shape index (κ2) is 11.3. The number of unbranched alkanes of at least 4 members (excludes halogenated alkanes) is 3. The molecule has 2 aromatic rings. The molecule has 2 rings (SSSR count). The van der Waals surface area contributed by atoms with Crippen LogP contribution in [0.15, 0.2) is 60.7 Å². The maximum atomic E-state index is 11.8. The molecule has 0 atom stereocenters. The van der Waals surface area contributed by atoms with Crippen LogP contribution in [0.3, 0.4) is 0 Å². The highest BCUT2D eigenvalue weighted by Gasteiger charge is 2.22. The lowest BCUT2D eigenvalue weighted by Gasteiger charge is -2.31. The molecule has 2 aromatic carbocycles. The molecule has 0 heterocycles. The molecule has 5 nitrogen and oxygen atoms in total. The average Bonchev–Trinajstić information content (AvgIpc) is 2.65. The van der Waals surface area contributed by atoms with Crippen molar-refractivity contribution in [2.75, 3.05) is 6.61 Å². The van der Waals surface area contributed by atoms with E-state index in [2.05, 4.69) is 6.92 Å². The van der Waals surface area contributed by atoms with Gasteiger partial charge in [0.15, 0.2) is 0 Å². The van der Waals surface area contributed by atoms with Crippen molar-refractivity contribution >= 4 is 6.09 Å². The molecule has 26 heavy (non-hydrogen) atoms. The Morgan fingerprint density at radius 1 is 0.885 bits per heavy atom. The van der Waals surface area contributed by atoms with E-state index in [0.717, 1.165) is 42.0 Å². The quantitative estimate of drug-likeness (QED) is 0.450. The Morgan fingerprint density at radius 3 is 1.88 bits per heavy atom. The van der Waals surface area contributed by atoms with Crippen molar-refractivity contribution in [1.82, 2.24) is 10.2 Å². The Balaban J connectivity index is 2.08. The summed E-state index contributed by atoms with van der Waals surface area (Å²) in [6.45, 7) is 3.45. The average molecular weight is 356 g/mol. The highest BCUT2D eigenvalue weighted by atomic mass is 16.7. The van der Waals surface area contributed by atoms with Crippen LogP contribution < -0.4 is 0 Å². The van der Waals surface area contributed by atoms with Crippen molar-refractivity contribution in [3.05, 3.63) is 71.8 Å². The number of carbonyl (C=O) groups is 1. The minimum Gasteiger partial charge on any atom is -0.462 e. The Labute approximate surface area is 155 Å². The number of hydrogen-bond donors (Lipinski definition) is 1. The van der Waals surface area contributed by atoms with E-state index in [-0.39, 0.29) is 0 Å². The van der Waals surface area contributed by atoms with Gasteiger partial charge in [-0.3, -0.25) is 4.84 Å². The van der Waals surface area contributed by atoms with Crippen molar-refractivity contribution in [3.8, 4) is 0 Å². The van der Waals surface area contributed by atoms with Crippen LogP contribution in [0.5, 0.6) is 0 Å². The fourth-order valence-corrected chi connectivity index (χ4v) is 2.71. The van der Waals surface area contributed by atoms with E-state index in [9.17, 15) is 9.90 Å². The maximum absolute atomic E-state index is 11.8. The third-order valence-electron chi connectivity index (χ3n) is 4.05. The van der Waals surface area contributed by atoms with E-state index in [0.29, 0.717) is 19.7 Å². The molecule has 1 N–H and O–H groups in total. The largest absolute Gasteiger partial charge is 0.462 e. The van der Waals surface area contributed by atoms with Crippen molar-refractivity contribution < 1.29 is 14.7 Å². The van der Waals surface area contributed by atoms with E-state index < -0.39 is 6.09 Å². The molecule has 0 unspecified atom stereocenters. The first-order chi connectivity index (χ1) is 12.7. The summed E-state index contributed by atoms with van der Waals surface area (Å²) in [6, 6.07) is 19.6. The van der Waals surface area contributed by atoms with Gasteiger partial charge in [0.05, 0.1) is 6.61 Å². The highest BCUT2D eigenvalue weighted by molar-refractivity contribution is 5.62. The normalized spacial score (nSPS) is 10.8. The summed E-state index contributed by atoms with van der Waals surface area (Å²) in [6.07, 6.45) is 3.06. The summed E-state index contributed by atoms with van der Waals surface area (Å²) in [5.41, 5.74) is 2.06. The van der Waals surface area contributed by atoms with Crippen LogP contribution in [0.4, 0.5) is 4.79 Å². The van der Waals surface area contributed by atoms with Crippen molar-refractivity contribution in [2.24, 2.45) is 0 Å². The van der Waals surface area contributed by atoms with Crippen LogP contribution in [0.25, 0.3) is 0 Å². The Bertz CT molecular complexity index is 593. The minimum atomic E-state index is -1.10. The van der Waals surface area contributed by atoms with Gasteiger partial charge < -0.3 is 5.11 Å². The predicted octanol–water partition coefficient (Wildman–Crippen LogP) is 5.10. The molecule has 0 spiro atoms. The van der Waals surface area contributed by atoms with Crippen LogP contribution in [-0.2, 0) is 17.9 Å². The highest BCUT2D eigenvalue weighted by Crippen LogP contribution is 2.14. The second-order valence-electron chi connectivity index (χ2n) is 6.24. The van der Waals surface area contributed by atoms with Gasteiger partial charge in [0.25, 0.3) is 0 Å². The zero-order valence-electron chi connectivity index (χ0n) is 15.4. The zero-order chi connectivity index (χ0) is 18.6. The van der Waals surface area contributed by atoms with Crippen molar-refractivity contribution in [3.63, 3.8) is 0 Å². The monoisotopic (exact) mass is 356 g/mol. The molecule has 0 saturated heterocycles. The SMILES string of the molecule is CCCCCCON(C(=O)O)N(Cc1ccccc1)Cc1ccccc1. The Kier molecular flexibility index (Phi) is 8.66. The molecule has 5 heteroatoms. The van der Waals surface area contributed by atoms with Crippen LogP contribution in [-0.4, -0.2) is 28.0 Å². The summed E-state index contributed by atoms with van der Waals surface area (Å²) in [4.78, 5) is 17.4. The van der Waals surface area contributed by atoms with Gasteiger partial charge in [0.2, 0.25) is 0 Å². The number of amides is 1. The molecular formula is C21H28N2O3. The lowest BCUT2D eigenvalue weighted by molar-refractivity contribution is -0.260. The number of nitrogens with zero attached hydrogens (tertiary/aromatic N) is 2. The Hall–Kier alpha value is -2.37. The molecule has 0 aliphatic heterocycles. The Morgan fingerprint density at radius 2 is 1.42 bits per heavy atom. The molecule has 0 radical (unpaired) electrons. The number of hydrogen-bond acceptors (Lipinski definition) is 3. The first-order valence-electron chi connectivity index (χ1n) is 9.19. The van der Waals surface area contributed by atoms with Gasteiger partial charge in [-0.1, -0.05) is 86.8 Å². The van der Waals surface area contributed by atoms with Gasteiger partial charge in [-0.05, 0) is 17.5 Å². The molecule has 0 aliphatic rings. The van der Waals surface area contributed by atoms with E-state index in [1.165, 1.54) is 0 Å². The van der Waals surface area contributed by atoms with Crippen LogP contribution in [0.1, 0.15) is 43.7 Å². The standard InChI is InChI=1S/C21H28N2O3/c1-2-3-4-11-16-26-23(21(24)25)22(17-19-12-7-5-8-13-19)18-20-14-9-6-10-15-20/h5-10,12-15H,2-4,11,16-18H2,1H3,(H,24,25). The third kappa shape index (κ3) is 6.86. The van der Waals surface area contributed by atoms with Crippen molar-refractivity contribution in [2.45, 2.75) is 45.7 Å². The molecule has 0 bridgehead atoms. The first kappa shape index (κ1) is 19.9. The molecule has 0 aromatic heterocycles. The zero-order valence-corrected chi connectivity index (χ0v) is 15.4. The van der Waals surface area contributed by atoms with Crippen LogP contribution in [0.2, 0.25) is 0 Å². The number of hydrazine groups is 1. The molecule has 1 amide bonds. The number of carboxylic acid groups (broad SMARTS) is 1. The summed E-state index contributed by atoms with van der Waals surface area (Å²) >= 11 is 0. The number of benzene rings is 2. The molecule has 0 fully saturated rings. The summed E-state index contributed by atoms with van der Waals surface area (Å²) in [7, 11) is 0. The van der Waals surface area contributed by atoms with Gasteiger partial charge in [0.1, 0.15) is 0 Å². The van der Waals surface area contributed by atoms with Gasteiger partial charge in [0, 0.05) is 13.1 Å². The molecule has 0 aliphatic carbocycles. The fourth-order valence-electron chi connectivity index (χ4n) is 2.71. The van der Waals surface area contributed by atoms with E-state index >= 15 is 0 Å². The van der Waals surface area contributed by atoms with E-state index in [1.807, 2.05) is 60.7 Å². The van der Waals surface area contributed by atoms with Crippen LogP contribution >= 0.6 is 0 Å².